The summed E-state index contributed by atoms with van der Waals surface area (Å²) in [5.41, 5.74) is 2.94. The van der Waals surface area contributed by atoms with Crippen LogP contribution in [0, 0.1) is 0 Å². The number of rotatable bonds is 4. The minimum absolute atomic E-state index is 0.226. The molecule has 0 aliphatic rings. The molecule has 0 aliphatic heterocycles. The summed E-state index contributed by atoms with van der Waals surface area (Å²) in [6.07, 6.45) is 0. The number of hydrogen-bond acceptors (Lipinski definition) is 2. The maximum atomic E-state index is 3.37. The van der Waals surface area contributed by atoms with Crippen LogP contribution in [0.2, 0.25) is 0 Å². The SMILES string of the molecule is CCNCc1ccc(-c2ccc(C(C)(C)C)cc2)s1. The maximum absolute atomic E-state index is 3.37. The van der Waals surface area contributed by atoms with Crippen molar-refractivity contribution in [2.24, 2.45) is 0 Å². The first-order valence-corrected chi connectivity index (χ1v) is 7.72. The van der Waals surface area contributed by atoms with E-state index in [4.69, 9.17) is 0 Å². The van der Waals surface area contributed by atoms with Gasteiger partial charge in [0.2, 0.25) is 0 Å². The highest BCUT2D eigenvalue weighted by molar-refractivity contribution is 7.15. The molecule has 0 radical (unpaired) electrons. The van der Waals surface area contributed by atoms with Gasteiger partial charge in [0.15, 0.2) is 0 Å². The summed E-state index contributed by atoms with van der Waals surface area (Å²) in [4.78, 5) is 2.75. The molecule has 0 saturated heterocycles. The quantitative estimate of drug-likeness (QED) is 0.842. The minimum atomic E-state index is 0.226. The average Bonchev–Trinajstić information content (AvgIpc) is 2.84. The molecule has 102 valence electrons. The van der Waals surface area contributed by atoms with Crippen LogP contribution in [0.5, 0.6) is 0 Å². The highest BCUT2D eigenvalue weighted by Gasteiger charge is 2.13. The van der Waals surface area contributed by atoms with Crippen LogP contribution >= 0.6 is 11.3 Å². The maximum Gasteiger partial charge on any atom is 0.0346 e. The van der Waals surface area contributed by atoms with Gasteiger partial charge in [-0.05, 0) is 35.2 Å². The molecule has 1 heterocycles. The fourth-order valence-electron chi connectivity index (χ4n) is 2.01. The van der Waals surface area contributed by atoms with Gasteiger partial charge in [0.05, 0.1) is 0 Å². The van der Waals surface area contributed by atoms with E-state index in [0.29, 0.717) is 0 Å². The molecule has 19 heavy (non-hydrogen) atoms. The van der Waals surface area contributed by atoms with Crippen molar-refractivity contribution in [3.05, 3.63) is 46.8 Å². The van der Waals surface area contributed by atoms with E-state index < -0.39 is 0 Å². The molecule has 1 aromatic heterocycles. The van der Waals surface area contributed by atoms with Crippen LogP contribution in [0.1, 0.15) is 38.1 Å². The van der Waals surface area contributed by atoms with Crippen molar-refractivity contribution < 1.29 is 0 Å². The molecule has 2 heteroatoms. The van der Waals surface area contributed by atoms with E-state index >= 15 is 0 Å². The lowest BCUT2D eigenvalue weighted by atomic mass is 9.86. The second-order valence-electron chi connectivity index (χ2n) is 5.87. The van der Waals surface area contributed by atoms with Gasteiger partial charge < -0.3 is 5.32 Å². The lowest BCUT2D eigenvalue weighted by Crippen LogP contribution is -2.10. The van der Waals surface area contributed by atoms with Crippen molar-refractivity contribution in [1.29, 1.82) is 0 Å². The molecule has 0 bridgehead atoms. The summed E-state index contributed by atoms with van der Waals surface area (Å²) in [7, 11) is 0. The zero-order valence-corrected chi connectivity index (χ0v) is 13.1. The molecule has 2 rings (SSSR count). The van der Waals surface area contributed by atoms with Gasteiger partial charge in [-0.25, -0.2) is 0 Å². The molecule has 0 spiro atoms. The lowest BCUT2D eigenvalue weighted by molar-refractivity contribution is 0.590. The largest absolute Gasteiger partial charge is 0.312 e. The van der Waals surface area contributed by atoms with E-state index in [0.717, 1.165) is 13.1 Å². The van der Waals surface area contributed by atoms with Gasteiger partial charge in [0, 0.05) is 16.3 Å². The molecule has 0 amide bonds. The predicted octanol–water partition coefficient (Wildman–Crippen LogP) is 4.82. The van der Waals surface area contributed by atoms with E-state index in [-0.39, 0.29) is 5.41 Å². The van der Waals surface area contributed by atoms with Gasteiger partial charge in [0.25, 0.3) is 0 Å². The van der Waals surface area contributed by atoms with Crippen LogP contribution in [-0.4, -0.2) is 6.54 Å². The summed E-state index contributed by atoms with van der Waals surface area (Å²) >= 11 is 1.88. The van der Waals surface area contributed by atoms with Gasteiger partial charge in [-0.2, -0.15) is 0 Å². The Morgan fingerprint density at radius 2 is 1.68 bits per heavy atom. The first kappa shape index (κ1) is 14.3. The van der Waals surface area contributed by atoms with Crippen LogP contribution in [0.4, 0.5) is 0 Å². The van der Waals surface area contributed by atoms with Crippen LogP contribution in [0.15, 0.2) is 36.4 Å². The summed E-state index contributed by atoms with van der Waals surface area (Å²) in [5.74, 6) is 0. The molecule has 0 aliphatic carbocycles. The van der Waals surface area contributed by atoms with Crippen LogP contribution in [0.3, 0.4) is 0 Å². The van der Waals surface area contributed by atoms with Crippen LogP contribution < -0.4 is 5.32 Å². The third-order valence-electron chi connectivity index (χ3n) is 3.25. The molecule has 1 aromatic carbocycles. The van der Waals surface area contributed by atoms with Crippen molar-refractivity contribution >= 4 is 11.3 Å². The highest BCUT2D eigenvalue weighted by Crippen LogP contribution is 2.30. The van der Waals surface area contributed by atoms with Crippen molar-refractivity contribution in [1.82, 2.24) is 5.32 Å². The van der Waals surface area contributed by atoms with Gasteiger partial charge in [-0.3, -0.25) is 0 Å². The third kappa shape index (κ3) is 3.68. The fraction of sp³-hybridized carbons (Fsp3) is 0.412. The topological polar surface area (TPSA) is 12.0 Å². The molecule has 1 N–H and O–H groups in total. The number of benzene rings is 1. The van der Waals surface area contributed by atoms with Crippen LogP contribution in [0.25, 0.3) is 10.4 Å². The second-order valence-corrected chi connectivity index (χ2v) is 7.04. The molecular weight excluding hydrogens is 250 g/mol. The van der Waals surface area contributed by atoms with Crippen LogP contribution in [-0.2, 0) is 12.0 Å². The molecule has 0 atom stereocenters. The molecule has 2 aromatic rings. The first-order chi connectivity index (χ1) is 9.00. The Morgan fingerprint density at radius 3 is 2.26 bits per heavy atom. The zero-order chi connectivity index (χ0) is 13.9. The molecular formula is C17H23NS. The lowest BCUT2D eigenvalue weighted by Gasteiger charge is -2.18. The normalized spacial score (nSPS) is 11.8. The van der Waals surface area contributed by atoms with E-state index in [1.54, 1.807) is 0 Å². The fourth-order valence-corrected chi connectivity index (χ4v) is 2.99. The smallest absolute Gasteiger partial charge is 0.0346 e. The van der Waals surface area contributed by atoms with E-state index in [1.165, 1.54) is 20.9 Å². The van der Waals surface area contributed by atoms with E-state index in [9.17, 15) is 0 Å². The van der Waals surface area contributed by atoms with Gasteiger partial charge >= 0.3 is 0 Å². The van der Waals surface area contributed by atoms with Crippen molar-refractivity contribution in [2.45, 2.75) is 39.7 Å². The number of thiophene rings is 1. The van der Waals surface area contributed by atoms with Gasteiger partial charge in [-0.15, -0.1) is 11.3 Å². The Kier molecular flexibility index (Phi) is 4.43. The Labute approximate surface area is 120 Å². The monoisotopic (exact) mass is 273 g/mol. The van der Waals surface area contributed by atoms with Crippen molar-refractivity contribution in [3.8, 4) is 10.4 Å². The first-order valence-electron chi connectivity index (χ1n) is 6.91. The molecule has 0 fully saturated rings. The second kappa shape index (κ2) is 5.89. The standard InChI is InChI=1S/C17H23NS/c1-5-18-12-15-10-11-16(19-15)13-6-8-14(9-7-13)17(2,3)4/h6-11,18H,5,12H2,1-4H3. The Balaban J connectivity index is 2.16. The van der Waals surface area contributed by atoms with E-state index in [2.05, 4.69) is 69.4 Å². The van der Waals surface area contributed by atoms with Crippen molar-refractivity contribution in [2.75, 3.05) is 6.54 Å². The highest BCUT2D eigenvalue weighted by atomic mass is 32.1. The number of hydrogen-bond donors (Lipinski definition) is 1. The predicted molar refractivity (Wildman–Crippen MR) is 85.8 cm³/mol. The van der Waals surface area contributed by atoms with Crippen molar-refractivity contribution in [3.63, 3.8) is 0 Å². The zero-order valence-electron chi connectivity index (χ0n) is 12.3. The molecule has 0 unspecified atom stereocenters. The van der Waals surface area contributed by atoms with Gasteiger partial charge in [-0.1, -0.05) is 52.0 Å². The van der Waals surface area contributed by atoms with E-state index in [1.807, 2.05) is 11.3 Å². The summed E-state index contributed by atoms with van der Waals surface area (Å²) in [6.45, 7) is 10.9. The average molecular weight is 273 g/mol. The van der Waals surface area contributed by atoms with Gasteiger partial charge in [0.1, 0.15) is 0 Å². The Hall–Kier alpha value is -1.12. The minimum Gasteiger partial charge on any atom is -0.312 e. The Morgan fingerprint density at radius 1 is 1.00 bits per heavy atom. The molecule has 0 saturated carbocycles. The number of nitrogens with one attached hydrogen (secondary N) is 1. The summed E-state index contributed by atoms with van der Waals surface area (Å²) in [5, 5.41) is 3.37. The Bertz CT molecular complexity index is 517. The third-order valence-corrected chi connectivity index (χ3v) is 4.38. The molecule has 1 nitrogen and oxygen atoms in total. The summed E-state index contributed by atoms with van der Waals surface area (Å²) < 4.78 is 0. The summed E-state index contributed by atoms with van der Waals surface area (Å²) in [6, 6.07) is 13.4.